The fraction of sp³-hybridized carbons (Fsp3) is 0.438. The molecule has 114 valence electrons. The van der Waals surface area contributed by atoms with Crippen LogP contribution in [-0.2, 0) is 19.4 Å². The monoisotopic (exact) mass is 294 g/mol. The van der Waals surface area contributed by atoms with E-state index in [1.807, 2.05) is 13.8 Å². The average molecular weight is 294 g/mol. The van der Waals surface area contributed by atoms with Crippen LogP contribution in [-0.4, -0.2) is 14.9 Å². The van der Waals surface area contributed by atoms with Gasteiger partial charge in [0.25, 0.3) is 0 Å². The van der Waals surface area contributed by atoms with Crippen molar-refractivity contribution in [3.63, 3.8) is 0 Å². The molecule has 0 aliphatic carbocycles. The van der Waals surface area contributed by atoms with Crippen molar-refractivity contribution >= 4 is 0 Å². The van der Waals surface area contributed by atoms with E-state index < -0.39 is 17.7 Å². The fourth-order valence-corrected chi connectivity index (χ4v) is 2.62. The summed E-state index contributed by atoms with van der Waals surface area (Å²) in [6.07, 6.45) is 0.850. The molecule has 1 aromatic heterocycles. The molecule has 0 aliphatic rings. The average Bonchev–Trinajstić information content (AvgIpc) is 2.80. The van der Waals surface area contributed by atoms with Crippen molar-refractivity contribution in [3.05, 3.63) is 52.3 Å². The third-order valence-electron chi connectivity index (χ3n) is 3.58. The van der Waals surface area contributed by atoms with E-state index in [0.717, 1.165) is 35.9 Å². The molecular weight excluding hydrogens is 274 g/mol. The third kappa shape index (κ3) is 3.13. The molecule has 2 rings (SSSR count). The lowest BCUT2D eigenvalue weighted by Gasteiger charge is -2.10. The Kier molecular flexibility index (Phi) is 4.73. The summed E-state index contributed by atoms with van der Waals surface area (Å²) < 4.78 is 28.1. The van der Waals surface area contributed by atoms with Crippen molar-refractivity contribution in [1.82, 2.24) is 9.78 Å². The highest BCUT2D eigenvalue weighted by Crippen LogP contribution is 2.24. The summed E-state index contributed by atoms with van der Waals surface area (Å²) >= 11 is 0. The molecule has 1 aromatic carbocycles. The molecule has 0 spiro atoms. The number of aromatic nitrogens is 2. The van der Waals surface area contributed by atoms with Crippen molar-refractivity contribution in [3.8, 4) is 0 Å². The summed E-state index contributed by atoms with van der Waals surface area (Å²) in [7, 11) is 0. The van der Waals surface area contributed by atoms with Crippen molar-refractivity contribution in [2.75, 3.05) is 0 Å². The first-order chi connectivity index (χ1) is 9.97. The number of aliphatic hydroxyl groups is 1. The molecule has 2 aromatic rings. The summed E-state index contributed by atoms with van der Waals surface area (Å²) in [6, 6.07) is 3.85. The van der Waals surface area contributed by atoms with Gasteiger partial charge in [-0.2, -0.15) is 5.10 Å². The number of hydrogen-bond donors (Lipinski definition) is 1. The van der Waals surface area contributed by atoms with Crippen molar-refractivity contribution in [2.24, 2.45) is 0 Å². The molecule has 0 bridgehead atoms. The first-order valence-corrected chi connectivity index (χ1v) is 7.18. The Bertz CT molecular complexity index is 635. The summed E-state index contributed by atoms with van der Waals surface area (Å²) in [5.74, 6) is -1.71. The van der Waals surface area contributed by atoms with E-state index in [4.69, 9.17) is 0 Å². The van der Waals surface area contributed by atoms with E-state index in [0.29, 0.717) is 12.1 Å². The van der Waals surface area contributed by atoms with E-state index in [-0.39, 0.29) is 0 Å². The van der Waals surface area contributed by atoms with Crippen LogP contribution in [0.5, 0.6) is 0 Å². The second-order valence-electron chi connectivity index (χ2n) is 5.10. The second kappa shape index (κ2) is 6.35. The number of benzene rings is 1. The van der Waals surface area contributed by atoms with Crippen LogP contribution >= 0.6 is 0 Å². The number of halogens is 2. The number of aryl methyl sites for hydroxylation is 1. The van der Waals surface area contributed by atoms with E-state index >= 15 is 0 Å². The lowest BCUT2D eigenvalue weighted by Crippen LogP contribution is -2.08. The minimum Gasteiger partial charge on any atom is -0.389 e. The molecule has 3 nitrogen and oxygen atoms in total. The van der Waals surface area contributed by atoms with Gasteiger partial charge in [-0.05, 0) is 37.5 Å². The molecule has 0 fully saturated rings. The minimum atomic E-state index is -0.857. The van der Waals surface area contributed by atoms with E-state index in [9.17, 15) is 13.9 Å². The number of rotatable bonds is 5. The lowest BCUT2D eigenvalue weighted by atomic mass is 10.0. The highest BCUT2D eigenvalue weighted by Gasteiger charge is 2.19. The van der Waals surface area contributed by atoms with Gasteiger partial charge in [-0.1, -0.05) is 19.9 Å². The quantitative estimate of drug-likeness (QED) is 0.918. The molecule has 1 unspecified atom stereocenters. The maximum Gasteiger partial charge on any atom is 0.159 e. The first-order valence-electron chi connectivity index (χ1n) is 7.18. The maximum absolute atomic E-state index is 13.3. The SMILES string of the molecule is CCc1nn(Cc2ccc(F)c(F)c2)c(CC)c1C(C)O. The topological polar surface area (TPSA) is 38.0 Å². The number of nitrogens with zero attached hydrogens (tertiary/aromatic N) is 2. The maximum atomic E-state index is 13.3. The normalized spacial score (nSPS) is 12.7. The van der Waals surface area contributed by atoms with Crippen molar-refractivity contribution in [2.45, 2.75) is 46.3 Å². The van der Waals surface area contributed by atoms with Crippen LogP contribution in [0.4, 0.5) is 8.78 Å². The van der Waals surface area contributed by atoms with Gasteiger partial charge in [-0.25, -0.2) is 8.78 Å². The zero-order chi connectivity index (χ0) is 15.6. The summed E-state index contributed by atoms with van der Waals surface area (Å²) in [5.41, 5.74) is 3.28. The van der Waals surface area contributed by atoms with Gasteiger partial charge in [0.05, 0.1) is 18.3 Å². The van der Waals surface area contributed by atoms with Crippen LogP contribution < -0.4 is 0 Å². The predicted molar refractivity (Wildman–Crippen MR) is 77.1 cm³/mol. The van der Waals surface area contributed by atoms with Crippen LogP contribution in [0.1, 0.15) is 49.4 Å². The molecule has 21 heavy (non-hydrogen) atoms. The Morgan fingerprint density at radius 2 is 1.90 bits per heavy atom. The molecule has 0 radical (unpaired) electrons. The third-order valence-corrected chi connectivity index (χ3v) is 3.58. The van der Waals surface area contributed by atoms with Gasteiger partial charge in [-0.3, -0.25) is 4.68 Å². The predicted octanol–water partition coefficient (Wildman–Crippen LogP) is 3.39. The first kappa shape index (κ1) is 15.6. The van der Waals surface area contributed by atoms with Crippen molar-refractivity contribution < 1.29 is 13.9 Å². The Labute approximate surface area is 123 Å². The highest BCUT2D eigenvalue weighted by molar-refractivity contribution is 5.30. The molecule has 0 saturated carbocycles. The highest BCUT2D eigenvalue weighted by atomic mass is 19.2. The molecule has 5 heteroatoms. The zero-order valence-corrected chi connectivity index (χ0v) is 12.5. The Hall–Kier alpha value is -1.75. The van der Waals surface area contributed by atoms with Crippen LogP contribution in [0.25, 0.3) is 0 Å². The van der Waals surface area contributed by atoms with Gasteiger partial charge >= 0.3 is 0 Å². The molecule has 0 saturated heterocycles. The molecule has 1 atom stereocenters. The van der Waals surface area contributed by atoms with Crippen molar-refractivity contribution in [1.29, 1.82) is 0 Å². The zero-order valence-electron chi connectivity index (χ0n) is 12.5. The lowest BCUT2D eigenvalue weighted by molar-refractivity contribution is 0.197. The number of aliphatic hydroxyl groups excluding tert-OH is 1. The smallest absolute Gasteiger partial charge is 0.159 e. The minimum absolute atomic E-state index is 0.361. The Morgan fingerprint density at radius 1 is 1.19 bits per heavy atom. The van der Waals surface area contributed by atoms with E-state index in [2.05, 4.69) is 5.10 Å². The van der Waals surface area contributed by atoms with Gasteiger partial charge in [-0.15, -0.1) is 0 Å². The fourth-order valence-electron chi connectivity index (χ4n) is 2.62. The van der Waals surface area contributed by atoms with Crippen LogP contribution in [0.15, 0.2) is 18.2 Å². The van der Waals surface area contributed by atoms with E-state index in [1.54, 1.807) is 17.7 Å². The Morgan fingerprint density at radius 3 is 2.43 bits per heavy atom. The van der Waals surface area contributed by atoms with Gasteiger partial charge in [0.15, 0.2) is 11.6 Å². The van der Waals surface area contributed by atoms with Gasteiger partial charge in [0, 0.05) is 11.3 Å². The van der Waals surface area contributed by atoms with Crippen LogP contribution in [0.2, 0.25) is 0 Å². The molecule has 1 heterocycles. The molecule has 0 aliphatic heterocycles. The molecule has 1 N–H and O–H groups in total. The number of hydrogen-bond acceptors (Lipinski definition) is 2. The van der Waals surface area contributed by atoms with E-state index in [1.165, 1.54) is 6.07 Å². The van der Waals surface area contributed by atoms with Gasteiger partial charge in [0.2, 0.25) is 0 Å². The Balaban J connectivity index is 2.41. The molecular formula is C16H20F2N2O. The summed E-state index contributed by atoms with van der Waals surface area (Å²) in [6.45, 7) is 6.05. The molecule has 0 amide bonds. The van der Waals surface area contributed by atoms with Gasteiger partial charge in [0.1, 0.15) is 0 Å². The van der Waals surface area contributed by atoms with Crippen LogP contribution in [0, 0.1) is 11.6 Å². The largest absolute Gasteiger partial charge is 0.389 e. The van der Waals surface area contributed by atoms with Gasteiger partial charge < -0.3 is 5.11 Å². The second-order valence-corrected chi connectivity index (χ2v) is 5.10. The van der Waals surface area contributed by atoms with Crippen LogP contribution in [0.3, 0.4) is 0 Å². The summed E-state index contributed by atoms with van der Waals surface area (Å²) in [5, 5.41) is 14.5. The standard InChI is InChI=1S/C16H20F2N2O/c1-4-14-16(10(3)21)15(5-2)20(19-14)9-11-6-7-12(17)13(18)8-11/h6-8,10,21H,4-5,9H2,1-3H3. The summed E-state index contributed by atoms with van der Waals surface area (Å²) in [4.78, 5) is 0.